The minimum Gasteiger partial charge on any atom is -0.454 e. The van der Waals surface area contributed by atoms with Gasteiger partial charge in [0.25, 0.3) is 5.91 Å². The summed E-state index contributed by atoms with van der Waals surface area (Å²) in [6.45, 7) is 0.752. The predicted molar refractivity (Wildman–Crippen MR) is 92.8 cm³/mol. The fourth-order valence-corrected chi connectivity index (χ4v) is 2.56. The first-order valence-corrected chi connectivity index (χ1v) is 8.19. The molecule has 2 aromatic rings. The molecule has 0 saturated carbocycles. The van der Waals surface area contributed by atoms with Gasteiger partial charge in [0.2, 0.25) is 12.7 Å². The van der Waals surface area contributed by atoms with Gasteiger partial charge in [-0.1, -0.05) is 29.8 Å². The van der Waals surface area contributed by atoms with Gasteiger partial charge in [0.05, 0.1) is 0 Å². The maximum Gasteiger partial charge on any atom is 0.251 e. The van der Waals surface area contributed by atoms with Crippen LogP contribution in [-0.4, -0.2) is 25.2 Å². The number of benzene rings is 2. The molecule has 0 aliphatic carbocycles. The Balaban J connectivity index is 1.42. The number of rotatable bonds is 6. The van der Waals surface area contributed by atoms with Crippen LogP contribution in [0.25, 0.3) is 0 Å². The first-order chi connectivity index (χ1) is 12.1. The summed E-state index contributed by atoms with van der Waals surface area (Å²) in [5, 5.41) is 6.09. The van der Waals surface area contributed by atoms with Crippen molar-refractivity contribution >= 4 is 23.4 Å². The Morgan fingerprint density at radius 1 is 1.04 bits per heavy atom. The number of amides is 2. The van der Waals surface area contributed by atoms with Crippen LogP contribution in [0.3, 0.4) is 0 Å². The topological polar surface area (TPSA) is 76.7 Å². The van der Waals surface area contributed by atoms with Crippen molar-refractivity contribution in [1.82, 2.24) is 10.6 Å². The zero-order chi connectivity index (χ0) is 17.6. The third-order valence-electron chi connectivity index (χ3n) is 3.71. The lowest BCUT2D eigenvalue weighted by molar-refractivity contribution is -0.121. The molecule has 1 aliphatic heterocycles. The molecule has 0 bridgehead atoms. The van der Waals surface area contributed by atoms with Gasteiger partial charge in [-0.05, 0) is 29.8 Å². The van der Waals surface area contributed by atoms with Crippen LogP contribution in [0.5, 0.6) is 11.5 Å². The molecule has 0 aromatic heterocycles. The highest BCUT2D eigenvalue weighted by molar-refractivity contribution is 6.31. The minimum absolute atomic E-state index is 0.159. The van der Waals surface area contributed by atoms with Crippen molar-refractivity contribution in [1.29, 1.82) is 0 Å². The summed E-state index contributed by atoms with van der Waals surface area (Å²) in [5.41, 5.74) is 1.31. The Bertz CT molecular complexity index is 794. The molecular formula is C18H17ClN2O4. The molecular weight excluding hydrogens is 344 g/mol. The molecule has 1 heterocycles. The monoisotopic (exact) mass is 360 g/mol. The lowest BCUT2D eigenvalue weighted by Gasteiger charge is -2.08. The molecule has 130 valence electrons. The number of ether oxygens (including phenoxy) is 2. The zero-order valence-corrected chi connectivity index (χ0v) is 14.1. The Labute approximate surface area is 150 Å². The fourth-order valence-electron chi connectivity index (χ4n) is 2.35. The van der Waals surface area contributed by atoms with Gasteiger partial charge in [-0.2, -0.15) is 0 Å². The number of carbonyl (C=O) groups excluding carboxylic acids is 2. The number of nitrogens with one attached hydrogen (secondary N) is 2. The first kappa shape index (κ1) is 17.1. The van der Waals surface area contributed by atoms with E-state index in [1.165, 1.54) is 0 Å². The Morgan fingerprint density at radius 3 is 2.68 bits per heavy atom. The molecule has 2 aromatic carbocycles. The third-order valence-corrected chi connectivity index (χ3v) is 4.07. The molecule has 3 rings (SSSR count). The Hall–Kier alpha value is -2.73. The average Bonchev–Trinajstić information content (AvgIpc) is 3.08. The first-order valence-electron chi connectivity index (χ1n) is 7.81. The van der Waals surface area contributed by atoms with Crippen LogP contribution in [0, 0.1) is 0 Å². The molecule has 2 N–H and O–H groups in total. The predicted octanol–water partition coefficient (Wildman–Crippen LogP) is 2.51. The highest BCUT2D eigenvalue weighted by atomic mass is 35.5. The van der Waals surface area contributed by atoms with Crippen molar-refractivity contribution < 1.29 is 19.1 Å². The van der Waals surface area contributed by atoms with Gasteiger partial charge in [0, 0.05) is 30.1 Å². The lowest BCUT2D eigenvalue weighted by Crippen LogP contribution is -2.30. The second kappa shape index (κ2) is 7.90. The van der Waals surface area contributed by atoms with E-state index in [2.05, 4.69) is 10.6 Å². The summed E-state index contributed by atoms with van der Waals surface area (Å²) >= 11 is 6.03. The highest BCUT2D eigenvalue weighted by Crippen LogP contribution is 2.32. The van der Waals surface area contributed by atoms with Crippen LogP contribution in [-0.2, 0) is 11.3 Å². The molecule has 0 unspecified atom stereocenters. The quantitative estimate of drug-likeness (QED) is 0.829. The van der Waals surface area contributed by atoms with E-state index < -0.39 is 0 Å². The molecule has 6 nitrogen and oxygen atoms in total. The van der Waals surface area contributed by atoms with E-state index in [9.17, 15) is 9.59 Å². The molecule has 0 spiro atoms. The van der Waals surface area contributed by atoms with Crippen LogP contribution >= 0.6 is 11.6 Å². The van der Waals surface area contributed by atoms with E-state index in [-0.39, 0.29) is 31.6 Å². The van der Waals surface area contributed by atoms with Crippen molar-refractivity contribution in [2.45, 2.75) is 13.0 Å². The summed E-state index contributed by atoms with van der Waals surface area (Å²) < 4.78 is 10.4. The lowest BCUT2D eigenvalue weighted by atomic mass is 10.2. The van der Waals surface area contributed by atoms with Gasteiger partial charge >= 0.3 is 0 Å². The zero-order valence-electron chi connectivity index (χ0n) is 13.4. The van der Waals surface area contributed by atoms with Crippen molar-refractivity contribution in [3.05, 3.63) is 58.6 Å². The van der Waals surface area contributed by atoms with Crippen molar-refractivity contribution in [3.8, 4) is 11.5 Å². The van der Waals surface area contributed by atoms with Gasteiger partial charge in [-0.25, -0.2) is 0 Å². The molecule has 1 aliphatic rings. The summed E-state index contributed by atoms with van der Waals surface area (Å²) in [4.78, 5) is 24.0. The molecule has 0 atom stereocenters. The number of fused-ring (bicyclic) bond motifs is 1. The van der Waals surface area contributed by atoms with E-state index in [4.69, 9.17) is 21.1 Å². The Morgan fingerprint density at radius 2 is 1.84 bits per heavy atom. The molecule has 0 saturated heterocycles. The van der Waals surface area contributed by atoms with Gasteiger partial charge in [0.1, 0.15) is 0 Å². The van der Waals surface area contributed by atoms with Gasteiger partial charge in [0.15, 0.2) is 11.5 Å². The summed E-state index contributed by atoms with van der Waals surface area (Å²) in [6.07, 6.45) is 0.181. The van der Waals surface area contributed by atoms with Crippen molar-refractivity contribution in [2.75, 3.05) is 13.3 Å². The smallest absolute Gasteiger partial charge is 0.251 e. The van der Waals surface area contributed by atoms with Crippen LogP contribution in [0.15, 0.2) is 42.5 Å². The number of halogens is 1. The summed E-state index contributed by atoms with van der Waals surface area (Å²) in [6, 6.07) is 12.3. The maximum atomic E-state index is 12.1. The number of hydrogen-bond donors (Lipinski definition) is 2. The molecule has 7 heteroatoms. The van der Waals surface area contributed by atoms with E-state index in [0.29, 0.717) is 28.6 Å². The maximum absolute atomic E-state index is 12.1. The molecule has 0 fully saturated rings. The van der Waals surface area contributed by atoms with E-state index in [1.54, 1.807) is 24.3 Å². The largest absolute Gasteiger partial charge is 0.454 e. The molecule has 2 amide bonds. The second-order valence-corrected chi connectivity index (χ2v) is 5.85. The van der Waals surface area contributed by atoms with E-state index in [1.807, 2.05) is 18.2 Å². The fraction of sp³-hybridized carbons (Fsp3) is 0.222. The normalized spacial score (nSPS) is 11.9. The molecule has 25 heavy (non-hydrogen) atoms. The second-order valence-electron chi connectivity index (χ2n) is 5.44. The highest BCUT2D eigenvalue weighted by Gasteiger charge is 2.16. The number of hydrogen-bond acceptors (Lipinski definition) is 4. The molecule has 0 radical (unpaired) electrons. The number of carbonyl (C=O) groups is 2. The van der Waals surface area contributed by atoms with Crippen LogP contribution in [0.2, 0.25) is 5.02 Å². The summed E-state index contributed by atoms with van der Waals surface area (Å²) in [5.74, 6) is 0.740. The Kier molecular flexibility index (Phi) is 5.40. The standard InChI is InChI=1S/C18H17ClN2O4/c19-14-4-2-1-3-13(14)10-21-17(22)7-8-20-18(23)12-5-6-15-16(9-12)25-11-24-15/h1-6,9H,7-8,10-11H2,(H,20,23)(H,21,22). The van der Waals surface area contributed by atoms with Gasteiger partial charge in [-0.3, -0.25) is 9.59 Å². The van der Waals surface area contributed by atoms with Crippen LogP contribution in [0.4, 0.5) is 0 Å². The minimum atomic E-state index is -0.266. The SMILES string of the molecule is O=C(CCNC(=O)c1ccc2c(c1)OCO2)NCc1ccccc1Cl. The van der Waals surface area contributed by atoms with E-state index in [0.717, 1.165) is 5.56 Å². The van der Waals surface area contributed by atoms with Crippen LogP contribution in [0.1, 0.15) is 22.3 Å². The van der Waals surface area contributed by atoms with Gasteiger partial charge in [-0.15, -0.1) is 0 Å². The third kappa shape index (κ3) is 4.42. The summed E-state index contributed by atoms with van der Waals surface area (Å²) in [7, 11) is 0. The van der Waals surface area contributed by atoms with Gasteiger partial charge < -0.3 is 20.1 Å². The van der Waals surface area contributed by atoms with E-state index >= 15 is 0 Å². The van der Waals surface area contributed by atoms with Crippen LogP contribution < -0.4 is 20.1 Å². The average molecular weight is 361 g/mol. The van der Waals surface area contributed by atoms with Crippen molar-refractivity contribution in [2.24, 2.45) is 0 Å². The van der Waals surface area contributed by atoms with Crippen molar-refractivity contribution in [3.63, 3.8) is 0 Å².